The minimum atomic E-state index is 0.891. The van der Waals surface area contributed by atoms with Crippen LogP contribution in [0.15, 0.2) is 0 Å². The van der Waals surface area contributed by atoms with Gasteiger partial charge in [0.05, 0.1) is 0 Å². The van der Waals surface area contributed by atoms with Crippen LogP contribution < -0.4 is 0 Å². The van der Waals surface area contributed by atoms with Crippen molar-refractivity contribution in [1.29, 1.82) is 0 Å². The van der Waals surface area contributed by atoms with Crippen molar-refractivity contribution >= 4 is 0 Å². The van der Waals surface area contributed by atoms with Crippen molar-refractivity contribution in [3.63, 3.8) is 0 Å². The molecule has 0 saturated heterocycles. The zero-order chi connectivity index (χ0) is 11.5. The van der Waals surface area contributed by atoms with Crippen molar-refractivity contribution in [2.75, 3.05) is 0 Å². The molecule has 0 aliphatic rings. The van der Waals surface area contributed by atoms with E-state index in [0.717, 1.165) is 11.8 Å². The van der Waals surface area contributed by atoms with Gasteiger partial charge < -0.3 is 0 Å². The van der Waals surface area contributed by atoms with Crippen LogP contribution in [0.2, 0.25) is 0 Å². The van der Waals surface area contributed by atoms with Gasteiger partial charge in [0.1, 0.15) is 0 Å². The molecule has 92 valence electrons. The molecule has 15 heavy (non-hydrogen) atoms. The Kier molecular flexibility index (Phi) is 10.5. The largest absolute Gasteiger partial charge is 0.0654 e. The Balaban J connectivity index is 3.15. The van der Waals surface area contributed by atoms with E-state index in [4.69, 9.17) is 0 Å². The molecule has 0 nitrogen and oxygen atoms in total. The predicted octanol–water partition coefficient (Wildman–Crippen LogP) is 5.81. The fourth-order valence-electron chi connectivity index (χ4n) is 2.12. The molecule has 0 fully saturated rings. The highest BCUT2D eigenvalue weighted by Gasteiger charge is 2.02. The first kappa shape index (κ1) is 15.0. The molecule has 0 heteroatoms. The van der Waals surface area contributed by atoms with Gasteiger partial charge in [-0.3, -0.25) is 0 Å². The van der Waals surface area contributed by atoms with Gasteiger partial charge in [-0.15, -0.1) is 0 Å². The molecule has 0 spiro atoms. The number of rotatable bonds is 10. The van der Waals surface area contributed by atoms with Crippen LogP contribution in [0.4, 0.5) is 0 Å². The van der Waals surface area contributed by atoms with Crippen LogP contribution in [0, 0.1) is 11.8 Å². The van der Waals surface area contributed by atoms with E-state index in [1.807, 2.05) is 0 Å². The highest BCUT2D eigenvalue weighted by Crippen LogP contribution is 2.18. The first-order chi connectivity index (χ1) is 7.16. The van der Waals surface area contributed by atoms with Crippen molar-refractivity contribution in [2.45, 2.75) is 85.5 Å². The molecule has 0 aromatic carbocycles. The zero-order valence-electron chi connectivity index (χ0n) is 11.5. The van der Waals surface area contributed by atoms with Crippen LogP contribution >= 0.6 is 0 Å². The lowest BCUT2D eigenvalue weighted by atomic mass is 9.95. The zero-order valence-corrected chi connectivity index (χ0v) is 11.5. The molecule has 0 heterocycles. The number of hydrogen-bond acceptors (Lipinski definition) is 0. The van der Waals surface area contributed by atoms with Gasteiger partial charge in [0, 0.05) is 0 Å². The smallest absolute Gasteiger partial charge is 0.0443 e. The second kappa shape index (κ2) is 10.5. The van der Waals surface area contributed by atoms with Crippen molar-refractivity contribution in [2.24, 2.45) is 11.8 Å². The normalized spacial score (nSPS) is 13.4. The molecule has 0 aliphatic carbocycles. The van der Waals surface area contributed by atoms with Gasteiger partial charge >= 0.3 is 0 Å². The van der Waals surface area contributed by atoms with Crippen LogP contribution in [0.5, 0.6) is 0 Å². The SMILES string of the molecule is CCCCCCC[C@H](C)CCCC(C)C. The standard InChI is InChI=1S/C15H32/c1-5-6-7-8-9-12-15(4)13-10-11-14(2)3/h14-15H,5-13H2,1-4H3/t15-/m0/s1. The lowest BCUT2D eigenvalue weighted by Gasteiger charge is -2.11. The van der Waals surface area contributed by atoms with Crippen LogP contribution in [0.25, 0.3) is 0 Å². The molecule has 0 aromatic rings. The molecular formula is C15H32. The second-order valence-electron chi connectivity index (χ2n) is 5.63. The summed E-state index contributed by atoms with van der Waals surface area (Å²) in [4.78, 5) is 0. The first-order valence-corrected chi connectivity index (χ1v) is 7.16. The molecule has 0 bridgehead atoms. The molecule has 0 aromatic heterocycles. The maximum Gasteiger partial charge on any atom is -0.0443 e. The molecule has 0 radical (unpaired) electrons. The van der Waals surface area contributed by atoms with Crippen LogP contribution in [0.3, 0.4) is 0 Å². The van der Waals surface area contributed by atoms with E-state index in [9.17, 15) is 0 Å². The topological polar surface area (TPSA) is 0 Å². The van der Waals surface area contributed by atoms with Gasteiger partial charge in [0.2, 0.25) is 0 Å². The van der Waals surface area contributed by atoms with E-state index in [1.54, 1.807) is 0 Å². The first-order valence-electron chi connectivity index (χ1n) is 7.16. The van der Waals surface area contributed by atoms with E-state index in [1.165, 1.54) is 57.8 Å². The third-order valence-electron chi connectivity index (χ3n) is 3.28. The lowest BCUT2D eigenvalue weighted by Crippen LogP contribution is -1.96. The third kappa shape index (κ3) is 11.9. The van der Waals surface area contributed by atoms with Crippen LogP contribution in [0.1, 0.15) is 85.5 Å². The Hall–Kier alpha value is 0. The van der Waals surface area contributed by atoms with Gasteiger partial charge in [-0.05, 0) is 11.8 Å². The van der Waals surface area contributed by atoms with Gasteiger partial charge in [-0.2, -0.15) is 0 Å². The van der Waals surface area contributed by atoms with E-state index in [0.29, 0.717) is 0 Å². The average molecular weight is 212 g/mol. The second-order valence-corrected chi connectivity index (χ2v) is 5.63. The quantitative estimate of drug-likeness (QED) is 0.401. The summed E-state index contributed by atoms with van der Waals surface area (Å²) in [6, 6.07) is 0. The van der Waals surface area contributed by atoms with Gasteiger partial charge in [0.25, 0.3) is 0 Å². The molecule has 0 rings (SSSR count). The van der Waals surface area contributed by atoms with E-state index >= 15 is 0 Å². The van der Waals surface area contributed by atoms with Crippen molar-refractivity contribution < 1.29 is 0 Å². The summed E-state index contributed by atoms with van der Waals surface area (Å²) >= 11 is 0. The van der Waals surface area contributed by atoms with Gasteiger partial charge in [-0.25, -0.2) is 0 Å². The Morgan fingerprint density at radius 3 is 1.87 bits per heavy atom. The van der Waals surface area contributed by atoms with E-state index < -0.39 is 0 Å². The Labute approximate surface area is 97.8 Å². The summed E-state index contributed by atoms with van der Waals surface area (Å²) in [5.41, 5.74) is 0. The molecule has 0 amide bonds. The molecule has 0 saturated carbocycles. The number of hydrogen-bond donors (Lipinski definition) is 0. The lowest BCUT2D eigenvalue weighted by molar-refractivity contribution is 0.418. The Bertz CT molecular complexity index is 115. The average Bonchev–Trinajstić information content (AvgIpc) is 2.17. The highest BCUT2D eigenvalue weighted by atomic mass is 14.1. The van der Waals surface area contributed by atoms with Crippen molar-refractivity contribution in [3.05, 3.63) is 0 Å². The predicted molar refractivity (Wildman–Crippen MR) is 71.2 cm³/mol. The molecule has 0 aliphatic heterocycles. The Morgan fingerprint density at radius 1 is 0.667 bits per heavy atom. The summed E-state index contributed by atoms with van der Waals surface area (Å²) in [7, 11) is 0. The maximum atomic E-state index is 2.43. The highest BCUT2D eigenvalue weighted by molar-refractivity contribution is 4.56. The summed E-state index contributed by atoms with van der Waals surface area (Å²) in [5, 5.41) is 0. The minimum Gasteiger partial charge on any atom is -0.0654 e. The van der Waals surface area contributed by atoms with Gasteiger partial charge in [-0.1, -0.05) is 85.5 Å². The maximum absolute atomic E-state index is 2.43. The summed E-state index contributed by atoms with van der Waals surface area (Å²) in [5.74, 6) is 1.85. The fourth-order valence-corrected chi connectivity index (χ4v) is 2.12. The molecule has 0 unspecified atom stereocenters. The fraction of sp³-hybridized carbons (Fsp3) is 1.00. The summed E-state index contributed by atoms with van der Waals surface area (Å²) in [6.07, 6.45) is 12.9. The summed E-state index contributed by atoms with van der Waals surface area (Å²) in [6.45, 7) is 9.37. The minimum absolute atomic E-state index is 0.891. The monoisotopic (exact) mass is 212 g/mol. The van der Waals surface area contributed by atoms with Gasteiger partial charge in [0.15, 0.2) is 0 Å². The number of unbranched alkanes of at least 4 members (excludes halogenated alkanes) is 4. The third-order valence-corrected chi connectivity index (χ3v) is 3.28. The van der Waals surface area contributed by atoms with Crippen molar-refractivity contribution in [3.8, 4) is 0 Å². The van der Waals surface area contributed by atoms with E-state index in [-0.39, 0.29) is 0 Å². The Morgan fingerprint density at radius 2 is 1.27 bits per heavy atom. The summed E-state index contributed by atoms with van der Waals surface area (Å²) < 4.78 is 0. The molecule has 0 N–H and O–H groups in total. The van der Waals surface area contributed by atoms with Crippen molar-refractivity contribution in [1.82, 2.24) is 0 Å². The molecular weight excluding hydrogens is 180 g/mol. The van der Waals surface area contributed by atoms with E-state index in [2.05, 4.69) is 27.7 Å². The molecule has 1 atom stereocenters. The van der Waals surface area contributed by atoms with Crippen LogP contribution in [-0.2, 0) is 0 Å². The van der Waals surface area contributed by atoms with Crippen LogP contribution in [-0.4, -0.2) is 0 Å².